The van der Waals surface area contributed by atoms with Gasteiger partial charge in [0.25, 0.3) is 0 Å². The zero-order valence-electron chi connectivity index (χ0n) is 13.5. The quantitative estimate of drug-likeness (QED) is 0.805. The van der Waals surface area contributed by atoms with Gasteiger partial charge in [0.2, 0.25) is 0 Å². The maximum atomic E-state index is 12.5. The molecule has 0 saturated carbocycles. The topological polar surface area (TPSA) is 47.9 Å². The van der Waals surface area contributed by atoms with Crippen molar-refractivity contribution in [2.45, 2.75) is 26.0 Å². The summed E-state index contributed by atoms with van der Waals surface area (Å²) in [7, 11) is 1.61. The molecule has 0 aliphatic carbocycles. The van der Waals surface area contributed by atoms with Crippen molar-refractivity contribution in [2.75, 3.05) is 7.11 Å². The Balaban J connectivity index is 1.97. The molecule has 1 aliphatic rings. The monoisotopic (exact) mass is 309 g/mol. The van der Waals surface area contributed by atoms with Gasteiger partial charge in [0.05, 0.1) is 19.2 Å². The fourth-order valence-electron chi connectivity index (χ4n) is 2.64. The molecule has 2 aromatic carbocycles. The van der Waals surface area contributed by atoms with E-state index in [0.29, 0.717) is 11.3 Å². The first-order valence-corrected chi connectivity index (χ1v) is 7.53. The van der Waals surface area contributed by atoms with Crippen LogP contribution in [-0.2, 0) is 0 Å². The highest BCUT2D eigenvalue weighted by atomic mass is 16.5. The van der Waals surface area contributed by atoms with E-state index >= 15 is 0 Å². The number of fused-ring (bicyclic) bond motifs is 1. The molecule has 0 unspecified atom stereocenters. The van der Waals surface area contributed by atoms with E-state index in [1.165, 1.54) is 0 Å². The largest absolute Gasteiger partial charge is 0.497 e. The summed E-state index contributed by atoms with van der Waals surface area (Å²) in [6.45, 7) is 3.76. The highest BCUT2D eigenvalue weighted by molar-refractivity contribution is 6.17. The van der Waals surface area contributed by atoms with E-state index in [9.17, 15) is 4.79 Å². The van der Waals surface area contributed by atoms with Crippen LogP contribution in [0.5, 0.6) is 11.5 Å². The standard InChI is InChI=1S/C19H19NO3/c1-19(2)20-16(12-17(21)13-7-5-4-6-8-13)15-11-14(22-3)9-10-18(15)23-19/h4-11H,12H2,1-3H3. The van der Waals surface area contributed by atoms with Crippen LogP contribution >= 0.6 is 0 Å². The van der Waals surface area contributed by atoms with E-state index in [0.717, 1.165) is 17.0 Å². The molecule has 1 aliphatic heterocycles. The molecule has 1 heterocycles. The van der Waals surface area contributed by atoms with Gasteiger partial charge in [-0.3, -0.25) is 4.79 Å². The average Bonchev–Trinajstić information content (AvgIpc) is 2.54. The maximum absolute atomic E-state index is 12.5. The molecule has 0 fully saturated rings. The van der Waals surface area contributed by atoms with Gasteiger partial charge in [0.15, 0.2) is 11.5 Å². The Hall–Kier alpha value is -2.62. The summed E-state index contributed by atoms with van der Waals surface area (Å²) >= 11 is 0. The van der Waals surface area contributed by atoms with Crippen LogP contribution in [0.4, 0.5) is 0 Å². The second-order valence-electron chi connectivity index (χ2n) is 5.94. The summed E-state index contributed by atoms with van der Waals surface area (Å²) in [6, 6.07) is 14.8. The number of nitrogens with zero attached hydrogens (tertiary/aromatic N) is 1. The molecule has 118 valence electrons. The third-order valence-electron chi connectivity index (χ3n) is 3.69. The van der Waals surface area contributed by atoms with E-state index in [-0.39, 0.29) is 12.2 Å². The number of carbonyl (C=O) groups excluding carboxylic acids is 1. The van der Waals surface area contributed by atoms with Crippen molar-refractivity contribution in [1.29, 1.82) is 0 Å². The molecule has 2 aromatic rings. The molecule has 3 rings (SSSR count). The summed E-state index contributed by atoms with van der Waals surface area (Å²) in [5.74, 6) is 1.48. The number of ether oxygens (including phenoxy) is 2. The van der Waals surface area contributed by atoms with Crippen LogP contribution in [0.2, 0.25) is 0 Å². The lowest BCUT2D eigenvalue weighted by molar-refractivity contribution is 0.0994. The second kappa shape index (κ2) is 5.88. The molecule has 0 atom stereocenters. The Morgan fingerprint density at radius 1 is 1.17 bits per heavy atom. The van der Waals surface area contributed by atoms with Crippen molar-refractivity contribution >= 4 is 11.5 Å². The first-order chi connectivity index (χ1) is 11.0. The van der Waals surface area contributed by atoms with Crippen LogP contribution in [0.1, 0.15) is 36.2 Å². The number of ketones is 1. The highest BCUT2D eigenvalue weighted by Crippen LogP contribution is 2.34. The summed E-state index contributed by atoms with van der Waals surface area (Å²) in [4.78, 5) is 17.1. The average molecular weight is 309 g/mol. The Labute approximate surface area is 135 Å². The number of hydrogen-bond acceptors (Lipinski definition) is 4. The summed E-state index contributed by atoms with van der Waals surface area (Å²) < 4.78 is 11.2. The van der Waals surface area contributed by atoms with Gasteiger partial charge in [0, 0.05) is 11.1 Å². The van der Waals surface area contributed by atoms with Crippen molar-refractivity contribution in [3.63, 3.8) is 0 Å². The third kappa shape index (κ3) is 3.26. The van der Waals surface area contributed by atoms with E-state index in [1.807, 2.05) is 62.4 Å². The SMILES string of the molecule is COc1ccc2c(c1)C(CC(=O)c1ccccc1)=NC(C)(C)O2. The molecule has 0 bridgehead atoms. The Bertz CT molecular complexity index is 763. The molecule has 4 heteroatoms. The molecule has 0 radical (unpaired) electrons. The first kappa shape index (κ1) is 15.3. The fourth-order valence-corrected chi connectivity index (χ4v) is 2.64. The Kier molecular flexibility index (Phi) is 3.90. The van der Waals surface area contributed by atoms with Crippen molar-refractivity contribution in [3.05, 3.63) is 59.7 Å². The number of carbonyl (C=O) groups is 1. The lowest BCUT2D eigenvalue weighted by Crippen LogP contribution is -2.32. The number of aliphatic imine (C=N–C) groups is 1. The van der Waals surface area contributed by atoms with Crippen molar-refractivity contribution < 1.29 is 14.3 Å². The van der Waals surface area contributed by atoms with Crippen LogP contribution in [0, 0.1) is 0 Å². The van der Waals surface area contributed by atoms with Crippen molar-refractivity contribution in [3.8, 4) is 11.5 Å². The minimum Gasteiger partial charge on any atom is -0.497 e. The van der Waals surface area contributed by atoms with E-state index in [1.54, 1.807) is 7.11 Å². The second-order valence-corrected chi connectivity index (χ2v) is 5.94. The van der Waals surface area contributed by atoms with Crippen LogP contribution in [0.15, 0.2) is 53.5 Å². The van der Waals surface area contributed by atoms with Crippen LogP contribution in [-0.4, -0.2) is 24.3 Å². The van der Waals surface area contributed by atoms with Gasteiger partial charge in [-0.05, 0) is 32.0 Å². The zero-order valence-corrected chi connectivity index (χ0v) is 13.5. The molecular weight excluding hydrogens is 290 g/mol. The van der Waals surface area contributed by atoms with Gasteiger partial charge in [-0.1, -0.05) is 30.3 Å². The Morgan fingerprint density at radius 2 is 1.91 bits per heavy atom. The highest BCUT2D eigenvalue weighted by Gasteiger charge is 2.29. The van der Waals surface area contributed by atoms with Gasteiger partial charge >= 0.3 is 0 Å². The molecule has 0 spiro atoms. The summed E-state index contributed by atoms with van der Waals surface area (Å²) in [6.07, 6.45) is 0.233. The van der Waals surface area contributed by atoms with Crippen molar-refractivity contribution in [1.82, 2.24) is 0 Å². The lowest BCUT2D eigenvalue weighted by Gasteiger charge is -2.30. The van der Waals surface area contributed by atoms with Gasteiger partial charge in [0.1, 0.15) is 11.5 Å². The number of Topliss-reactive ketones (excluding diaryl/α,β-unsaturated/α-hetero) is 1. The lowest BCUT2D eigenvalue weighted by atomic mass is 9.98. The summed E-state index contributed by atoms with van der Waals surface area (Å²) in [5.41, 5.74) is 1.54. The Morgan fingerprint density at radius 3 is 2.61 bits per heavy atom. The van der Waals surface area contributed by atoms with Gasteiger partial charge < -0.3 is 9.47 Å². The number of benzene rings is 2. The zero-order chi connectivity index (χ0) is 16.4. The van der Waals surface area contributed by atoms with E-state index in [2.05, 4.69) is 4.99 Å². The first-order valence-electron chi connectivity index (χ1n) is 7.53. The molecular formula is C19H19NO3. The fraction of sp³-hybridized carbons (Fsp3) is 0.263. The number of methoxy groups -OCH3 is 1. The molecule has 0 aromatic heterocycles. The normalized spacial score (nSPS) is 15.2. The predicted octanol–water partition coefficient (Wildman–Crippen LogP) is 3.89. The van der Waals surface area contributed by atoms with Gasteiger partial charge in [-0.25, -0.2) is 4.99 Å². The smallest absolute Gasteiger partial charge is 0.194 e. The van der Waals surface area contributed by atoms with E-state index < -0.39 is 5.72 Å². The van der Waals surface area contributed by atoms with Crippen LogP contribution < -0.4 is 9.47 Å². The molecule has 0 saturated heterocycles. The molecule has 0 N–H and O–H groups in total. The minimum atomic E-state index is -0.687. The molecule has 0 amide bonds. The maximum Gasteiger partial charge on any atom is 0.194 e. The summed E-state index contributed by atoms with van der Waals surface area (Å²) in [5, 5.41) is 0. The molecule has 23 heavy (non-hydrogen) atoms. The van der Waals surface area contributed by atoms with Crippen molar-refractivity contribution in [2.24, 2.45) is 4.99 Å². The predicted molar refractivity (Wildman–Crippen MR) is 89.6 cm³/mol. The number of hydrogen-bond donors (Lipinski definition) is 0. The number of rotatable bonds is 4. The third-order valence-corrected chi connectivity index (χ3v) is 3.69. The van der Waals surface area contributed by atoms with Gasteiger partial charge in [-0.15, -0.1) is 0 Å². The van der Waals surface area contributed by atoms with E-state index in [4.69, 9.17) is 9.47 Å². The van der Waals surface area contributed by atoms with Gasteiger partial charge in [-0.2, -0.15) is 0 Å². The van der Waals surface area contributed by atoms with Crippen LogP contribution in [0.25, 0.3) is 0 Å². The molecule has 4 nitrogen and oxygen atoms in total. The van der Waals surface area contributed by atoms with Crippen LogP contribution in [0.3, 0.4) is 0 Å². The minimum absolute atomic E-state index is 0.0378.